The fourth-order valence-electron chi connectivity index (χ4n) is 2.28. The topological polar surface area (TPSA) is 73.0 Å². The molecule has 0 aliphatic carbocycles. The molecule has 2 rings (SSSR count). The maximum atomic E-state index is 11.9. The van der Waals surface area contributed by atoms with Gasteiger partial charge in [-0.2, -0.15) is 0 Å². The molecule has 0 radical (unpaired) electrons. The molecule has 1 unspecified atom stereocenters. The number of thiazole rings is 1. The molecule has 0 spiro atoms. The van der Waals surface area contributed by atoms with E-state index in [2.05, 4.69) is 4.98 Å². The average molecular weight is 288 g/mol. The molecule has 1 atom stereocenters. The SMILES string of the molecule is NCCCc1cnc(CC2CCCCS2(=O)=O)s1. The summed E-state index contributed by atoms with van der Waals surface area (Å²) in [5.41, 5.74) is 5.47. The van der Waals surface area contributed by atoms with Crippen LogP contribution in [-0.4, -0.2) is 30.9 Å². The van der Waals surface area contributed by atoms with Crippen LogP contribution in [0.5, 0.6) is 0 Å². The summed E-state index contributed by atoms with van der Waals surface area (Å²) >= 11 is 1.64. The molecule has 0 aromatic carbocycles. The Labute approximate surface area is 113 Å². The van der Waals surface area contributed by atoms with E-state index >= 15 is 0 Å². The summed E-state index contributed by atoms with van der Waals surface area (Å²) in [4.78, 5) is 5.55. The van der Waals surface area contributed by atoms with Crippen LogP contribution in [0, 0.1) is 0 Å². The first-order valence-corrected chi connectivity index (χ1v) is 9.00. The van der Waals surface area contributed by atoms with Crippen molar-refractivity contribution in [2.45, 2.75) is 43.8 Å². The van der Waals surface area contributed by atoms with E-state index in [9.17, 15) is 8.42 Å². The van der Waals surface area contributed by atoms with E-state index in [-0.39, 0.29) is 5.25 Å². The molecule has 0 amide bonds. The zero-order chi connectivity index (χ0) is 13.0. The Bertz CT molecular complexity index is 482. The van der Waals surface area contributed by atoms with Crippen LogP contribution >= 0.6 is 11.3 Å². The quantitative estimate of drug-likeness (QED) is 0.892. The first-order valence-electron chi connectivity index (χ1n) is 6.47. The third kappa shape index (κ3) is 3.52. The molecule has 0 bridgehead atoms. The molecular formula is C12H20N2O2S2. The minimum atomic E-state index is -2.88. The molecule has 2 N–H and O–H groups in total. The number of nitrogens with zero attached hydrogens (tertiary/aromatic N) is 1. The highest BCUT2D eigenvalue weighted by atomic mass is 32.2. The Balaban J connectivity index is 1.98. The van der Waals surface area contributed by atoms with Crippen molar-refractivity contribution in [3.63, 3.8) is 0 Å². The van der Waals surface area contributed by atoms with E-state index in [1.165, 1.54) is 4.88 Å². The van der Waals surface area contributed by atoms with Crippen molar-refractivity contribution < 1.29 is 8.42 Å². The van der Waals surface area contributed by atoms with Crippen molar-refractivity contribution in [1.29, 1.82) is 0 Å². The second kappa shape index (κ2) is 6.12. The number of sulfone groups is 1. The van der Waals surface area contributed by atoms with Gasteiger partial charge in [-0.25, -0.2) is 13.4 Å². The van der Waals surface area contributed by atoms with Gasteiger partial charge in [0.15, 0.2) is 9.84 Å². The molecule has 0 saturated carbocycles. The van der Waals surface area contributed by atoms with Gasteiger partial charge in [-0.05, 0) is 32.2 Å². The number of hydrogen-bond acceptors (Lipinski definition) is 5. The van der Waals surface area contributed by atoms with Gasteiger partial charge in [-0.15, -0.1) is 11.3 Å². The smallest absolute Gasteiger partial charge is 0.153 e. The number of hydrogen-bond donors (Lipinski definition) is 1. The number of rotatable bonds is 5. The van der Waals surface area contributed by atoms with Gasteiger partial charge in [0.25, 0.3) is 0 Å². The molecule has 1 aromatic heterocycles. The normalized spacial score (nSPS) is 23.1. The summed E-state index contributed by atoms with van der Waals surface area (Å²) in [6.07, 6.45) is 7.00. The van der Waals surface area contributed by atoms with Crippen LogP contribution in [0.2, 0.25) is 0 Å². The lowest BCUT2D eigenvalue weighted by atomic mass is 10.1. The Hall–Kier alpha value is -0.460. The monoisotopic (exact) mass is 288 g/mol. The highest BCUT2D eigenvalue weighted by Gasteiger charge is 2.29. The van der Waals surface area contributed by atoms with Crippen LogP contribution in [0.25, 0.3) is 0 Å². The number of nitrogens with two attached hydrogens (primary N) is 1. The third-order valence-electron chi connectivity index (χ3n) is 3.34. The van der Waals surface area contributed by atoms with Crippen molar-refractivity contribution in [2.24, 2.45) is 5.73 Å². The molecule has 102 valence electrons. The van der Waals surface area contributed by atoms with Gasteiger partial charge in [-0.3, -0.25) is 0 Å². The van der Waals surface area contributed by atoms with Gasteiger partial charge < -0.3 is 5.73 Å². The summed E-state index contributed by atoms with van der Waals surface area (Å²) in [7, 11) is -2.88. The first kappa shape index (κ1) is 14.0. The molecule has 1 aromatic rings. The van der Waals surface area contributed by atoms with Gasteiger partial charge >= 0.3 is 0 Å². The van der Waals surface area contributed by atoms with Crippen LogP contribution in [0.3, 0.4) is 0 Å². The van der Waals surface area contributed by atoms with Crippen molar-refractivity contribution in [2.75, 3.05) is 12.3 Å². The van der Waals surface area contributed by atoms with Crippen LogP contribution < -0.4 is 5.73 Å². The minimum Gasteiger partial charge on any atom is -0.330 e. The molecule has 1 aliphatic heterocycles. The lowest BCUT2D eigenvalue weighted by Gasteiger charge is -2.21. The third-order valence-corrected chi connectivity index (χ3v) is 6.70. The predicted octanol–water partition coefficient (Wildman–Crippen LogP) is 1.54. The summed E-state index contributed by atoms with van der Waals surface area (Å²) < 4.78 is 23.9. The van der Waals surface area contributed by atoms with E-state index in [0.717, 1.165) is 37.1 Å². The van der Waals surface area contributed by atoms with E-state index in [4.69, 9.17) is 5.73 Å². The van der Waals surface area contributed by atoms with Gasteiger partial charge in [-0.1, -0.05) is 6.42 Å². The molecule has 1 fully saturated rings. The fraction of sp³-hybridized carbons (Fsp3) is 0.750. The van der Waals surface area contributed by atoms with Gasteiger partial charge in [0.2, 0.25) is 0 Å². The average Bonchev–Trinajstić information content (AvgIpc) is 2.77. The summed E-state index contributed by atoms with van der Waals surface area (Å²) in [6.45, 7) is 0.685. The Morgan fingerprint density at radius 3 is 3.00 bits per heavy atom. The van der Waals surface area contributed by atoms with Gasteiger partial charge in [0.1, 0.15) is 0 Å². The maximum absolute atomic E-state index is 11.9. The summed E-state index contributed by atoms with van der Waals surface area (Å²) in [5, 5.41) is 0.747. The van der Waals surface area contributed by atoms with E-state index in [1.54, 1.807) is 11.3 Å². The fourth-order valence-corrected chi connectivity index (χ4v) is 5.31. The standard InChI is InChI=1S/C12H20N2O2S2/c13-6-3-4-10-9-14-12(17-10)8-11-5-1-2-7-18(11,15)16/h9,11H,1-8,13H2. The molecule has 1 aliphatic rings. The van der Waals surface area contributed by atoms with Crippen LogP contribution in [0.1, 0.15) is 35.6 Å². The van der Waals surface area contributed by atoms with Crippen molar-refractivity contribution in [3.05, 3.63) is 16.1 Å². The first-order chi connectivity index (χ1) is 8.62. The van der Waals surface area contributed by atoms with Crippen LogP contribution in [-0.2, 0) is 22.7 Å². The predicted molar refractivity (Wildman–Crippen MR) is 74.6 cm³/mol. The van der Waals surface area contributed by atoms with Crippen molar-refractivity contribution in [3.8, 4) is 0 Å². The molecule has 6 heteroatoms. The Morgan fingerprint density at radius 2 is 2.28 bits per heavy atom. The van der Waals surface area contributed by atoms with Gasteiger partial charge in [0, 0.05) is 17.5 Å². The second-order valence-electron chi connectivity index (χ2n) is 4.80. The maximum Gasteiger partial charge on any atom is 0.153 e. The number of aromatic nitrogens is 1. The summed E-state index contributed by atoms with van der Waals surface area (Å²) in [5.74, 6) is 0.350. The molecule has 1 saturated heterocycles. The van der Waals surface area contributed by atoms with Gasteiger partial charge in [0.05, 0.1) is 16.0 Å². The minimum absolute atomic E-state index is 0.209. The molecule has 18 heavy (non-hydrogen) atoms. The largest absolute Gasteiger partial charge is 0.330 e. The zero-order valence-electron chi connectivity index (χ0n) is 10.5. The summed E-state index contributed by atoms with van der Waals surface area (Å²) in [6, 6.07) is 0. The number of aryl methyl sites for hydroxylation is 1. The Morgan fingerprint density at radius 1 is 1.44 bits per heavy atom. The Kier molecular flexibility index (Phi) is 4.75. The molecular weight excluding hydrogens is 268 g/mol. The van der Waals surface area contributed by atoms with E-state index in [0.29, 0.717) is 18.7 Å². The van der Waals surface area contributed by atoms with Crippen molar-refractivity contribution >= 4 is 21.2 Å². The highest BCUT2D eigenvalue weighted by Crippen LogP contribution is 2.25. The second-order valence-corrected chi connectivity index (χ2v) is 8.40. The molecule has 4 nitrogen and oxygen atoms in total. The van der Waals surface area contributed by atoms with E-state index in [1.807, 2.05) is 6.20 Å². The van der Waals surface area contributed by atoms with Crippen LogP contribution in [0.15, 0.2) is 6.20 Å². The van der Waals surface area contributed by atoms with Crippen molar-refractivity contribution in [1.82, 2.24) is 4.98 Å². The highest BCUT2D eigenvalue weighted by molar-refractivity contribution is 7.92. The molecule has 2 heterocycles. The lowest BCUT2D eigenvalue weighted by Crippen LogP contribution is -2.30. The zero-order valence-corrected chi connectivity index (χ0v) is 12.1. The van der Waals surface area contributed by atoms with E-state index < -0.39 is 9.84 Å². The lowest BCUT2D eigenvalue weighted by molar-refractivity contribution is 0.537. The van der Waals surface area contributed by atoms with Crippen LogP contribution in [0.4, 0.5) is 0 Å².